The Morgan fingerprint density at radius 2 is 2.21 bits per heavy atom. The van der Waals surface area contributed by atoms with Gasteiger partial charge in [-0.25, -0.2) is 4.68 Å². The van der Waals surface area contributed by atoms with Crippen LogP contribution < -0.4 is 11.1 Å². The molecule has 1 saturated heterocycles. The molecule has 8 heteroatoms. The summed E-state index contributed by atoms with van der Waals surface area (Å²) in [6.45, 7) is 7.31. The third-order valence-corrected chi connectivity index (χ3v) is 5.12. The lowest BCUT2D eigenvalue weighted by Crippen LogP contribution is -2.35. The van der Waals surface area contributed by atoms with Gasteiger partial charge in [0.05, 0.1) is 18.8 Å². The van der Waals surface area contributed by atoms with Crippen LogP contribution in [-0.4, -0.2) is 46.8 Å². The van der Waals surface area contributed by atoms with Crippen LogP contribution in [0.25, 0.3) is 0 Å². The highest BCUT2D eigenvalue weighted by Crippen LogP contribution is 2.40. The van der Waals surface area contributed by atoms with Crippen molar-refractivity contribution in [2.75, 3.05) is 31.5 Å². The Balaban J connectivity index is 0.00000144. The quantitative estimate of drug-likeness (QED) is 0.797. The second-order valence-corrected chi connectivity index (χ2v) is 7.26. The highest BCUT2D eigenvalue weighted by Gasteiger charge is 2.33. The summed E-state index contributed by atoms with van der Waals surface area (Å²) >= 11 is 0. The number of hydrogen-bond donors (Lipinski definition) is 2. The van der Waals surface area contributed by atoms with E-state index in [1.807, 2.05) is 10.7 Å². The lowest BCUT2D eigenvalue weighted by molar-refractivity contribution is -0.117. The number of carbonyl (C=O) groups is 1. The molecule has 1 aliphatic heterocycles. The lowest BCUT2D eigenvalue weighted by Gasteiger charge is -2.22. The lowest BCUT2D eigenvalue weighted by atomic mass is 9.90. The van der Waals surface area contributed by atoms with E-state index in [0.717, 1.165) is 25.3 Å². The molecule has 1 aromatic heterocycles. The minimum atomic E-state index is 0. The van der Waals surface area contributed by atoms with E-state index in [9.17, 15) is 4.79 Å². The van der Waals surface area contributed by atoms with E-state index >= 15 is 0 Å². The molecule has 2 heterocycles. The van der Waals surface area contributed by atoms with Gasteiger partial charge in [0, 0.05) is 12.6 Å². The van der Waals surface area contributed by atoms with E-state index < -0.39 is 0 Å². The van der Waals surface area contributed by atoms with E-state index in [-0.39, 0.29) is 36.1 Å². The van der Waals surface area contributed by atoms with Gasteiger partial charge in [-0.05, 0) is 50.6 Å². The molecule has 24 heavy (non-hydrogen) atoms. The van der Waals surface area contributed by atoms with Crippen molar-refractivity contribution < 1.29 is 4.79 Å². The summed E-state index contributed by atoms with van der Waals surface area (Å²) in [7, 11) is 0. The summed E-state index contributed by atoms with van der Waals surface area (Å²) in [6.07, 6.45) is 5.35. The number of nitrogens with two attached hydrogens (primary N) is 1. The van der Waals surface area contributed by atoms with Crippen molar-refractivity contribution in [2.24, 2.45) is 17.1 Å². The monoisotopic (exact) mass is 377 g/mol. The summed E-state index contributed by atoms with van der Waals surface area (Å²) < 4.78 is 1.95. The molecular weight excluding hydrogens is 349 g/mol. The van der Waals surface area contributed by atoms with Crippen molar-refractivity contribution in [3.63, 3.8) is 0 Å². The highest BCUT2D eigenvalue weighted by atomic mass is 35.5. The van der Waals surface area contributed by atoms with Gasteiger partial charge in [-0.3, -0.25) is 9.69 Å². The van der Waals surface area contributed by atoms with E-state index in [4.69, 9.17) is 5.73 Å². The molecule has 2 unspecified atom stereocenters. The standard InChI is InChI=1S/C16H27N5O.2ClH/c1-12(13-3-4-13)21-14(5-7-18-21)19-15(22)9-20-8-6-16(2,10-17)11-20;;/h5,7,12-13H,3-4,6,8-11,17H2,1-2H3,(H,19,22);2*1H. The Hall–Kier alpha value is -0.820. The first-order valence-electron chi connectivity index (χ1n) is 8.26. The number of carbonyl (C=O) groups excluding carboxylic acids is 1. The van der Waals surface area contributed by atoms with Crippen LogP contribution in [0.1, 0.15) is 39.2 Å². The van der Waals surface area contributed by atoms with Crippen LogP contribution in [0, 0.1) is 11.3 Å². The molecule has 1 saturated carbocycles. The van der Waals surface area contributed by atoms with Gasteiger partial charge in [-0.1, -0.05) is 6.92 Å². The van der Waals surface area contributed by atoms with Gasteiger partial charge in [0.1, 0.15) is 5.82 Å². The molecule has 2 atom stereocenters. The molecule has 2 fully saturated rings. The zero-order valence-electron chi connectivity index (χ0n) is 14.4. The third kappa shape index (κ3) is 4.85. The van der Waals surface area contributed by atoms with Gasteiger partial charge < -0.3 is 11.1 Å². The molecular formula is C16H29Cl2N5O. The predicted molar refractivity (Wildman–Crippen MR) is 101 cm³/mol. The molecule has 3 rings (SSSR count). The molecule has 138 valence electrons. The molecule has 3 N–H and O–H groups in total. The SMILES string of the molecule is CC(C1CC1)n1nccc1NC(=O)CN1CCC(C)(CN)C1.Cl.Cl. The van der Waals surface area contributed by atoms with Gasteiger partial charge in [-0.15, -0.1) is 24.8 Å². The van der Waals surface area contributed by atoms with Crippen LogP contribution in [0.15, 0.2) is 12.3 Å². The fourth-order valence-corrected chi connectivity index (χ4v) is 3.33. The number of anilines is 1. The number of rotatable bonds is 6. The molecule has 6 nitrogen and oxygen atoms in total. The van der Waals surface area contributed by atoms with Gasteiger partial charge in [0.15, 0.2) is 0 Å². The maximum Gasteiger partial charge on any atom is 0.239 e. The first-order valence-corrected chi connectivity index (χ1v) is 8.26. The van der Waals surface area contributed by atoms with Crippen molar-refractivity contribution in [2.45, 2.75) is 39.2 Å². The fourth-order valence-electron chi connectivity index (χ4n) is 3.33. The predicted octanol–water partition coefficient (Wildman–Crippen LogP) is 2.31. The van der Waals surface area contributed by atoms with E-state index in [1.54, 1.807) is 6.20 Å². The molecule has 0 aromatic carbocycles. The zero-order valence-corrected chi connectivity index (χ0v) is 16.0. The molecule has 0 spiro atoms. The average Bonchev–Trinajstić information content (AvgIpc) is 3.14. The van der Waals surface area contributed by atoms with Gasteiger partial charge in [0.25, 0.3) is 0 Å². The smallest absolute Gasteiger partial charge is 0.239 e. The van der Waals surface area contributed by atoms with Gasteiger partial charge in [0.2, 0.25) is 5.91 Å². The van der Waals surface area contributed by atoms with Crippen LogP contribution >= 0.6 is 24.8 Å². The molecule has 1 aromatic rings. The van der Waals surface area contributed by atoms with Crippen LogP contribution in [0.2, 0.25) is 0 Å². The van der Waals surface area contributed by atoms with Gasteiger partial charge in [-0.2, -0.15) is 5.10 Å². The number of amides is 1. The van der Waals surface area contributed by atoms with Crippen LogP contribution in [0.4, 0.5) is 5.82 Å². The van der Waals surface area contributed by atoms with Crippen LogP contribution in [0.3, 0.4) is 0 Å². The zero-order chi connectivity index (χ0) is 15.7. The maximum atomic E-state index is 12.3. The Morgan fingerprint density at radius 3 is 2.79 bits per heavy atom. The second kappa shape index (κ2) is 8.52. The number of likely N-dealkylation sites (tertiary alicyclic amines) is 1. The third-order valence-electron chi connectivity index (χ3n) is 5.12. The summed E-state index contributed by atoms with van der Waals surface area (Å²) in [5.74, 6) is 1.55. The van der Waals surface area contributed by atoms with Crippen molar-refractivity contribution in [1.82, 2.24) is 14.7 Å². The van der Waals surface area contributed by atoms with E-state index in [1.165, 1.54) is 12.8 Å². The maximum absolute atomic E-state index is 12.3. The van der Waals surface area contributed by atoms with Crippen molar-refractivity contribution in [1.29, 1.82) is 0 Å². The Bertz CT molecular complexity index is 548. The fraction of sp³-hybridized carbons (Fsp3) is 0.750. The first kappa shape index (κ1) is 21.2. The van der Waals surface area contributed by atoms with Crippen molar-refractivity contribution in [3.8, 4) is 0 Å². The number of nitrogens with one attached hydrogen (secondary N) is 1. The summed E-state index contributed by atoms with van der Waals surface area (Å²) in [4.78, 5) is 14.5. The Morgan fingerprint density at radius 1 is 1.50 bits per heavy atom. The second-order valence-electron chi connectivity index (χ2n) is 7.26. The van der Waals surface area contributed by atoms with Crippen LogP contribution in [-0.2, 0) is 4.79 Å². The van der Waals surface area contributed by atoms with E-state index in [0.29, 0.717) is 25.0 Å². The summed E-state index contributed by atoms with van der Waals surface area (Å²) in [5.41, 5.74) is 5.97. The summed E-state index contributed by atoms with van der Waals surface area (Å²) in [5, 5.41) is 7.39. The largest absolute Gasteiger partial charge is 0.330 e. The normalized spacial score (nSPS) is 24.8. The van der Waals surface area contributed by atoms with Crippen molar-refractivity contribution >= 4 is 36.5 Å². The number of aromatic nitrogens is 2. The minimum Gasteiger partial charge on any atom is -0.330 e. The molecule has 0 bridgehead atoms. The highest BCUT2D eigenvalue weighted by molar-refractivity contribution is 5.91. The van der Waals surface area contributed by atoms with Crippen LogP contribution in [0.5, 0.6) is 0 Å². The molecule has 0 radical (unpaired) electrons. The average molecular weight is 378 g/mol. The Kier molecular flexibility index (Phi) is 7.53. The first-order chi connectivity index (χ1) is 10.5. The molecule has 1 aliphatic carbocycles. The molecule has 1 amide bonds. The number of nitrogens with zero attached hydrogens (tertiary/aromatic N) is 3. The molecule has 2 aliphatic rings. The Labute approximate surface area is 156 Å². The topological polar surface area (TPSA) is 76.2 Å². The van der Waals surface area contributed by atoms with E-state index in [2.05, 4.69) is 29.2 Å². The van der Waals surface area contributed by atoms with Gasteiger partial charge >= 0.3 is 0 Å². The number of hydrogen-bond acceptors (Lipinski definition) is 4. The minimum absolute atomic E-state index is 0. The van der Waals surface area contributed by atoms with Crippen molar-refractivity contribution in [3.05, 3.63) is 12.3 Å². The number of halogens is 2. The summed E-state index contributed by atoms with van der Waals surface area (Å²) in [6, 6.07) is 2.24.